The highest BCUT2D eigenvalue weighted by molar-refractivity contribution is 7.92. The summed E-state index contributed by atoms with van der Waals surface area (Å²) >= 11 is 0. The van der Waals surface area contributed by atoms with Gasteiger partial charge in [0.05, 0.1) is 17.2 Å². The highest BCUT2D eigenvalue weighted by Gasteiger charge is 2.34. The molecule has 3 aromatic carbocycles. The van der Waals surface area contributed by atoms with Crippen molar-refractivity contribution in [3.8, 4) is 5.75 Å². The van der Waals surface area contributed by atoms with Gasteiger partial charge in [0.2, 0.25) is 11.8 Å². The van der Waals surface area contributed by atoms with Gasteiger partial charge in [0.25, 0.3) is 10.0 Å². The van der Waals surface area contributed by atoms with Crippen LogP contribution >= 0.6 is 0 Å². The SMILES string of the molecule is CCOc1ccc(N(CC(=O)N(CCc2ccccc2)[C@@H](CC)C(=O)NC(C)(C)C)S(=O)(=O)c2ccc(F)cc2)cc1. The van der Waals surface area contributed by atoms with E-state index in [1.54, 1.807) is 24.3 Å². The molecule has 8 nitrogen and oxygen atoms in total. The van der Waals surface area contributed by atoms with Crippen LogP contribution in [0, 0.1) is 5.82 Å². The Morgan fingerprint density at radius 1 is 0.929 bits per heavy atom. The minimum absolute atomic E-state index is 0.168. The summed E-state index contributed by atoms with van der Waals surface area (Å²) in [4.78, 5) is 28.7. The third-order valence-corrected chi connectivity index (χ3v) is 8.27. The molecule has 1 N–H and O–H groups in total. The molecule has 0 unspecified atom stereocenters. The van der Waals surface area contributed by atoms with E-state index in [2.05, 4.69) is 5.32 Å². The number of nitrogens with zero attached hydrogens (tertiary/aromatic N) is 2. The quantitative estimate of drug-likeness (QED) is 0.293. The highest BCUT2D eigenvalue weighted by Crippen LogP contribution is 2.27. The summed E-state index contributed by atoms with van der Waals surface area (Å²) < 4.78 is 47.9. The van der Waals surface area contributed by atoms with E-state index < -0.39 is 39.9 Å². The van der Waals surface area contributed by atoms with Crippen molar-refractivity contribution in [3.63, 3.8) is 0 Å². The number of benzene rings is 3. The number of nitrogens with one attached hydrogen (secondary N) is 1. The summed E-state index contributed by atoms with van der Waals surface area (Å²) in [6.07, 6.45) is 0.801. The smallest absolute Gasteiger partial charge is 0.264 e. The predicted molar refractivity (Wildman–Crippen MR) is 162 cm³/mol. The zero-order valence-corrected chi connectivity index (χ0v) is 25.7. The van der Waals surface area contributed by atoms with Crippen LogP contribution in [0.2, 0.25) is 0 Å². The van der Waals surface area contributed by atoms with Crippen LogP contribution in [0.15, 0.2) is 83.8 Å². The molecule has 0 aromatic heterocycles. The topological polar surface area (TPSA) is 96.0 Å². The van der Waals surface area contributed by atoms with Crippen molar-refractivity contribution in [2.75, 3.05) is 24.0 Å². The standard InChI is InChI=1S/C32H40FN3O5S/c1-6-29(31(38)34-32(3,4)5)35(22-21-24-11-9-8-10-12-24)30(37)23-36(26-15-17-27(18-16-26)41-7-2)42(39,40)28-19-13-25(33)14-20-28/h8-20,29H,6-7,21-23H2,1-5H3,(H,34,38)/t29-/m0/s1. The summed E-state index contributed by atoms with van der Waals surface area (Å²) in [5.41, 5.74) is 0.675. The fourth-order valence-electron chi connectivity index (χ4n) is 4.49. The molecule has 0 radical (unpaired) electrons. The van der Waals surface area contributed by atoms with Gasteiger partial charge < -0.3 is 15.0 Å². The van der Waals surface area contributed by atoms with Crippen molar-refractivity contribution in [1.29, 1.82) is 0 Å². The molecule has 0 bridgehead atoms. The van der Waals surface area contributed by atoms with E-state index in [1.165, 1.54) is 4.90 Å². The summed E-state index contributed by atoms with van der Waals surface area (Å²) in [6, 6.07) is 19.5. The second-order valence-electron chi connectivity index (χ2n) is 10.9. The van der Waals surface area contributed by atoms with Crippen LogP contribution in [0.5, 0.6) is 5.75 Å². The third kappa shape index (κ3) is 8.79. The first-order chi connectivity index (χ1) is 19.9. The fourth-order valence-corrected chi connectivity index (χ4v) is 5.90. The maximum Gasteiger partial charge on any atom is 0.264 e. The lowest BCUT2D eigenvalue weighted by molar-refractivity contribution is -0.140. The first-order valence-electron chi connectivity index (χ1n) is 14.0. The predicted octanol–water partition coefficient (Wildman–Crippen LogP) is 5.18. The number of anilines is 1. The second kappa shape index (κ2) is 14.3. The zero-order valence-electron chi connectivity index (χ0n) is 24.8. The average Bonchev–Trinajstić information content (AvgIpc) is 2.94. The number of hydrogen-bond donors (Lipinski definition) is 1. The molecule has 3 aromatic rings. The maximum absolute atomic E-state index is 14.1. The van der Waals surface area contributed by atoms with E-state index >= 15 is 0 Å². The van der Waals surface area contributed by atoms with Crippen LogP contribution in [0.3, 0.4) is 0 Å². The molecule has 0 fully saturated rings. The van der Waals surface area contributed by atoms with Crippen molar-refractivity contribution < 1.29 is 27.1 Å². The zero-order chi connectivity index (χ0) is 30.9. The molecular weight excluding hydrogens is 557 g/mol. The molecular formula is C32H40FN3O5S. The number of carbonyl (C=O) groups excluding carboxylic acids is 2. The molecule has 0 spiro atoms. The summed E-state index contributed by atoms with van der Waals surface area (Å²) in [6.45, 7) is 9.29. The Morgan fingerprint density at radius 2 is 1.55 bits per heavy atom. The molecule has 0 saturated carbocycles. The molecule has 10 heteroatoms. The third-order valence-electron chi connectivity index (χ3n) is 6.48. The van der Waals surface area contributed by atoms with Gasteiger partial charge in [0.15, 0.2) is 0 Å². The molecule has 1 atom stereocenters. The minimum atomic E-state index is -4.30. The van der Waals surface area contributed by atoms with Gasteiger partial charge in [0, 0.05) is 12.1 Å². The summed E-state index contributed by atoms with van der Waals surface area (Å²) in [7, 11) is -4.30. The number of halogens is 1. The Hall–Kier alpha value is -3.92. The maximum atomic E-state index is 14.1. The van der Waals surface area contributed by atoms with Gasteiger partial charge >= 0.3 is 0 Å². The lowest BCUT2D eigenvalue weighted by Crippen LogP contribution is -2.56. The lowest BCUT2D eigenvalue weighted by Gasteiger charge is -2.34. The molecule has 0 aliphatic rings. The molecule has 0 saturated heterocycles. The van der Waals surface area contributed by atoms with Gasteiger partial charge in [-0.15, -0.1) is 0 Å². The molecule has 0 aliphatic carbocycles. The molecule has 226 valence electrons. The highest BCUT2D eigenvalue weighted by atomic mass is 32.2. The van der Waals surface area contributed by atoms with E-state index in [4.69, 9.17) is 4.74 Å². The number of carbonyl (C=O) groups is 2. The monoisotopic (exact) mass is 597 g/mol. The largest absolute Gasteiger partial charge is 0.494 e. The normalized spacial score (nSPS) is 12.3. The number of sulfonamides is 1. The molecule has 0 aliphatic heterocycles. The van der Waals surface area contributed by atoms with Gasteiger partial charge in [0.1, 0.15) is 24.2 Å². The lowest BCUT2D eigenvalue weighted by atomic mass is 10.1. The molecule has 3 rings (SSSR count). The Bertz CT molecular complexity index is 1420. The van der Waals surface area contributed by atoms with Crippen LogP contribution in [0.1, 0.15) is 46.6 Å². The van der Waals surface area contributed by atoms with Crippen molar-refractivity contribution >= 4 is 27.5 Å². The van der Waals surface area contributed by atoms with Crippen LogP contribution < -0.4 is 14.4 Å². The Morgan fingerprint density at radius 3 is 2.10 bits per heavy atom. The number of amides is 2. The van der Waals surface area contributed by atoms with Crippen LogP contribution in [-0.2, 0) is 26.0 Å². The van der Waals surface area contributed by atoms with Gasteiger partial charge in [-0.2, -0.15) is 0 Å². The van der Waals surface area contributed by atoms with Crippen molar-refractivity contribution in [2.45, 2.75) is 63.9 Å². The average molecular weight is 598 g/mol. The van der Waals surface area contributed by atoms with Crippen LogP contribution in [0.25, 0.3) is 0 Å². The van der Waals surface area contributed by atoms with E-state index in [0.29, 0.717) is 25.2 Å². The number of rotatable bonds is 13. The van der Waals surface area contributed by atoms with Crippen molar-refractivity contribution in [3.05, 3.63) is 90.2 Å². The van der Waals surface area contributed by atoms with Gasteiger partial charge in [-0.3, -0.25) is 13.9 Å². The Balaban J connectivity index is 2.02. The fraction of sp³-hybridized carbons (Fsp3) is 0.375. The molecule has 0 heterocycles. The van der Waals surface area contributed by atoms with E-state index in [1.807, 2.05) is 65.0 Å². The Labute approximate surface area is 248 Å². The summed E-state index contributed by atoms with van der Waals surface area (Å²) in [5.74, 6) is -0.900. The van der Waals surface area contributed by atoms with Crippen LogP contribution in [-0.4, -0.2) is 56.4 Å². The second-order valence-corrected chi connectivity index (χ2v) is 12.7. The summed E-state index contributed by atoms with van der Waals surface area (Å²) in [5, 5.41) is 2.95. The molecule has 42 heavy (non-hydrogen) atoms. The first-order valence-corrected chi connectivity index (χ1v) is 15.5. The first kappa shape index (κ1) is 32.6. The van der Waals surface area contributed by atoms with Crippen LogP contribution in [0.4, 0.5) is 10.1 Å². The molecule has 2 amide bonds. The van der Waals surface area contributed by atoms with Crippen molar-refractivity contribution in [2.24, 2.45) is 0 Å². The van der Waals surface area contributed by atoms with E-state index in [0.717, 1.165) is 34.1 Å². The number of hydrogen-bond acceptors (Lipinski definition) is 5. The van der Waals surface area contributed by atoms with E-state index in [-0.39, 0.29) is 23.0 Å². The minimum Gasteiger partial charge on any atom is -0.494 e. The van der Waals surface area contributed by atoms with Gasteiger partial charge in [-0.25, -0.2) is 12.8 Å². The van der Waals surface area contributed by atoms with Crippen molar-refractivity contribution in [1.82, 2.24) is 10.2 Å². The van der Waals surface area contributed by atoms with Gasteiger partial charge in [-0.1, -0.05) is 37.3 Å². The Kier molecular flexibility index (Phi) is 11.1. The van der Waals surface area contributed by atoms with Gasteiger partial charge in [-0.05, 0) is 94.6 Å². The van der Waals surface area contributed by atoms with E-state index in [9.17, 15) is 22.4 Å². The number of ether oxygens (including phenoxy) is 1.